The number of hydroxylamine groups is 2. The van der Waals surface area contributed by atoms with Crippen molar-refractivity contribution in [1.29, 1.82) is 0 Å². The Bertz CT molecular complexity index is 607. The fourth-order valence-electron chi connectivity index (χ4n) is 2.51. The molecule has 3 rings (SSSR count). The second kappa shape index (κ2) is 5.39. The second-order valence-corrected chi connectivity index (χ2v) is 4.95. The van der Waals surface area contributed by atoms with Crippen molar-refractivity contribution in [3.05, 3.63) is 83.3 Å². The summed E-state index contributed by atoms with van der Waals surface area (Å²) in [5, 5.41) is 11.7. The molecule has 0 saturated carbocycles. The van der Waals surface area contributed by atoms with Gasteiger partial charge < -0.3 is 9.94 Å². The van der Waals surface area contributed by atoms with Crippen LogP contribution in [0.4, 0.5) is 0 Å². The molecule has 1 aliphatic rings. The van der Waals surface area contributed by atoms with Gasteiger partial charge in [0.1, 0.15) is 0 Å². The fourth-order valence-corrected chi connectivity index (χ4v) is 2.51. The summed E-state index contributed by atoms with van der Waals surface area (Å²) in [6.45, 7) is 2.53. The molecular formula is C17H17NO2. The topological polar surface area (TPSA) is 32.7 Å². The summed E-state index contributed by atoms with van der Waals surface area (Å²) in [6, 6.07) is 20.1. The average Bonchev–Trinajstić information content (AvgIpc) is 2.76. The molecule has 20 heavy (non-hydrogen) atoms. The molecule has 1 N–H and O–H groups in total. The molecule has 0 radical (unpaired) electrons. The first-order chi connectivity index (χ1) is 9.75. The van der Waals surface area contributed by atoms with E-state index in [1.54, 1.807) is 0 Å². The number of rotatable bonds is 3. The standard InChI is InChI=1S/C17H17NO2/c1-13-16(15-10-6-3-7-11-15)18(20-17(13)19)12-14-8-4-2-5-9-14/h2-11,16,19H,12H2,1H3. The summed E-state index contributed by atoms with van der Waals surface area (Å²) >= 11 is 0. The van der Waals surface area contributed by atoms with Crippen LogP contribution in [0.25, 0.3) is 0 Å². The van der Waals surface area contributed by atoms with Gasteiger partial charge in [0.25, 0.3) is 5.95 Å². The van der Waals surface area contributed by atoms with Gasteiger partial charge in [-0.15, -0.1) is 5.06 Å². The molecule has 102 valence electrons. The van der Waals surface area contributed by atoms with E-state index in [1.807, 2.05) is 60.5 Å². The van der Waals surface area contributed by atoms with Crippen molar-refractivity contribution >= 4 is 0 Å². The van der Waals surface area contributed by atoms with Gasteiger partial charge in [-0.2, -0.15) is 0 Å². The van der Waals surface area contributed by atoms with Crippen molar-refractivity contribution in [2.45, 2.75) is 19.5 Å². The molecular weight excluding hydrogens is 250 g/mol. The molecule has 3 heteroatoms. The molecule has 1 atom stereocenters. The van der Waals surface area contributed by atoms with Gasteiger partial charge in [0.15, 0.2) is 0 Å². The number of aliphatic hydroxyl groups is 1. The first kappa shape index (κ1) is 12.8. The molecule has 3 nitrogen and oxygen atoms in total. The first-order valence-corrected chi connectivity index (χ1v) is 6.69. The Morgan fingerprint density at radius 1 is 1.00 bits per heavy atom. The molecule has 0 bridgehead atoms. The maximum Gasteiger partial charge on any atom is 0.298 e. The van der Waals surface area contributed by atoms with Gasteiger partial charge in [-0.1, -0.05) is 60.7 Å². The van der Waals surface area contributed by atoms with Gasteiger partial charge in [0.2, 0.25) is 0 Å². The van der Waals surface area contributed by atoms with Crippen molar-refractivity contribution in [2.24, 2.45) is 0 Å². The van der Waals surface area contributed by atoms with Crippen LogP contribution in [0.5, 0.6) is 0 Å². The third kappa shape index (κ3) is 2.40. The van der Waals surface area contributed by atoms with Crippen LogP contribution in [0, 0.1) is 0 Å². The molecule has 1 aliphatic heterocycles. The SMILES string of the molecule is CC1=C(O)ON(Cc2ccccc2)C1c1ccccc1. The molecule has 0 saturated heterocycles. The van der Waals surface area contributed by atoms with E-state index in [-0.39, 0.29) is 12.0 Å². The highest BCUT2D eigenvalue weighted by Gasteiger charge is 2.33. The minimum atomic E-state index is -0.0450. The van der Waals surface area contributed by atoms with Crippen LogP contribution in [0.2, 0.25) is 0 Å². The van der Waals surface area contributed by atoms with E-state index in [4.69, 9.17) is 4.84 Å². The molecule has 0 aromatic heterocycles. The van der Waals surface area contributed by atoms with Gasteiger partial charge in [0, 0.05) is 5.57 Å². The lowest BCUT2D eigenvalue weighted by molar-refractivity contribution is -0.157. The molecule has 2 aromatic carbocycles. The lowest BCUT2D eigenvalue weighted by atomic mass is 10.0. The Labute approximate surface area is 118 Å². The van der Waals surface area contributed by atoms with Crippen molar-refractivity contribution in [3.63, 3.8) is 0 Å². The number of nitrogens with zero attached hydrogens (tertiary/aromatic N) is 1. The lowest BCUT2D eigenvalue weighted by Gasteiger charge is -2.23. The third-order valence-corrected chi connectivity index (χ3v) is 3.54. The second-order valence-electron chi connectivity index (χ2n) is 4.95. The normalized spacial score (nSPS) is 19.1. The van der Waals surface area contributed by atoms with E-state index in [0.717, 1.165) is 16.7 Å². The Morgan fingerprint density at radius 3 is 2.25 bits per heavy atom. The largest absolute Gasteiger partial charge is 0.480 e. The van der Waals surface area contributed by atoms with Crippen molar-refractivity contribution in [2.75, 3.05) is 0 Å². The van der Waals surface area contributed by atoms with E-state index in [0.29, 0.717) is 6.54 Å². The van der Waals surface area contributed by atoms with Gasteiger partial charge in [-0.25, -0.2) is 0 Å². The highest BCUT2D eigenvalue weighted by Crippen LogP contribution is 2.37. The van der Waals surface area contributed by atoms with Crippen molar-refractivity contribution < 1.29 is 9.94 Å². The van der Waals surface area contributed by atoms with Crippen molar-refractivity contribution in [1.82, 2.24) is 5.06 Å². The van der Waals surface area contributed by atoms with Gasteiger partial charge >= 0.3 is 0 Å². The maximum absolute atomic E-state index is 9.89. The van der Waals surface area contributed by atoms with Crippen LogP contribution in [0.3, 0.4) is 0 Å². The van der Waals surface area contributed by atoms with Crippen LogP contribution in [0.1, 0.15) is 24.1 Å². The minimum absolute atomic E-state index is 0.00906. The highest BCUT2D eigenvalue weighted by molar-refractivity contribution is 5.29. The first-order valence-electron chi connectivity index (χ1n) is 6.69. The summed E-state index contributed by atoms with van der Waals surface area (Å²) < 4.78 is 0. The summed E-state index contributed by atoms with van der Waals surface area (Å²) in [5.41, 5.74) is 3.10. The zero-order valence-corrected chi connectivity index (χ0v) is 11.4. The predicted molar refractivity (Wildman–Crippen MR) is 77.6 cm³/mol. The monoisotopic (exact) mass is 267 g/mol. The lowest BCUT2D eigenvalue weighted by Crippen LogP contribution is -2.23. The summed E-state index contributed by atoms with van der Waals surface area (Å²) in [4.78, 5) is 5.51. The quantitative estimate of drug-likeness (QED) is 0.913. The molecule has 1 unspecified atom stereocenters. The number of hydrogen-bond donors (Lipinski definition) is 1. The van der Waals surface area contributed by atoms with Crippen LogP contribution in [0.15, 0.2) is 72.2 Å². The highest BCUT2D eigenvalue weighted by atomic mass is 16.8. The van der Waals surface area contributed by atoms with E-state index < -0.39 is 0 Å². The van der Waals surface area contributed by atoms with E-state index in [9.17, 15) is 5.11 Å². The van der Waals surface area contributed by atoms with Crippen molar-refractivity contribution in [3.8, 4) is 0 Å². The van der Waals surface area contributed by atoms with E-state index in [2.05, 4.69) is 12.1 Å². The number of hydrogen-bond acceptors (Lipinski definition) is 3. The molecule has 0 aliphatic carbocycles. The smallest absolute Gasteiger partial charge is 0.298 e. The Kier molecular flexibility index (Phi) is 3.44. The molecule has 1 heterocycles. The Morgan fingerprint density at radius 2 is 1.60 bits per heavy atom. The van der Waals surface area contributed by atoms with Gasteiger partial charge in [0.05, 0.1) is 12.6 Å². The van der Waals surface area contributed by atoms with Crippen LogP contribution in [-0.2, 0) is 11.4 Å². The third-order valence-electron chi connectivity index (χ3n) is 3.54. The zero-order valence-electron chi connectivity index (χ0n) is 11.4. The zero-order chi connectivity index (χ0) is 13.9. The Hall–Kier alpha value is -2.26. The molecule has 0 spiro atoms. The predicted octanol–water partition coefficient (Wildman–Crippen LogP) is 3.96. The van der Waals surface area contributed by atoms with E-state index in [1.165, 1.54) is 0 Å². The molecule has 0 amide bonds. The number of aliphatic hydroxyl groups excluding tert-OH is 1. The van der Waals surface area contributed by atoms with Gasteiger partial charge in [-0.05, 0) is 18.1 Å². The Balaban J connectivity index is 1.88. The number of benzene rings is 2. The summed E-state index contributed by atoms with van der Waals surface area (Å²) in [5.74, 6) is 0.00906. The molecule has 2 aromatic rings. The van der Waals surface area contributed by atoms with Crippen LogP contribution < -0.4 is 0 Å². The summed E-state index contributed by atoms with van der Waals surface area (Å²) in [6.07, 6.45) is 0. The fraction of sp³-hybridized carbons (Fsp3) is 0.176. The van der Waals surface area contributed by atoms with Gasteiger partial charge in [-0.3, -0.25) is 0 Å². The summed E-state index contributed by atoms with van der Waals surface area (Å²) in [7, 11) is 0. The van der Waals surface area contributed by atoms with E-state index >= 15 is 0 Å². The minimum Gasteiger partial charge on any atom is -0.480 e. The van der Waals surface area contributed by atoms with Crippen LogP contribution in [-0.4, -0.2) is 10.2 Å². The molecule has 0 fully saturated rings. The average molecular weight is 267 g/mol. The maximum atomic E-state index is 9.89. The van der Waals surface area contributed by atoms with Crippen LogP contribution >= 0.6 is 0 Å².